The number of amides is 1. The lowest BCUT2D eigenvalue weighted by atomic mass is 10.2. The number of nitrogens with one attached hydrogen (secondary N) is 1. The summed E-state index contributed by atoms with van der Waals surface area (Å²) < 4.78 is 12.8. The van der Waals surface area contributed by atoms with Gasteiger partial charge in [-0.25, -0.2) is 9.18 Å². The van der Waals surface area contributed by atoms with E-state index in [0.717, 1.165) is 18.5 Å². The Balaban J connectivity index is 2.78. The van der Waals surface area contributed by atoms with Crippen LogP contribution in [0, 0.1) is 5.82 Å². The standard InChI is InChI=1S/C10H9FN2O5/c11-6-1-5(3-12-4-6)9(16)13-7(10(17)18)2-8(14)15/h1,3-4,7H,2H2,(H,13,16)(H,14,15)(H,17,18)/t7-/m1/s1. The van der Waals surface area contributed by atoms with Crippen molar-refractivity contribution in [3.8, 4) is 0 Å². The zero-order valence-corrected chi connectivity index (χ0v) is 8.96. The number of hydrogen-bond acceptors (Lipinski definition) is 4. The van der Waals surface area contributed by atoms with Gasteiger partial charge < -0.3 is 15.5 Å². The fraction of sp³-hybridized carbons (Fsp3) is 0.200. The van der Waals surface area contributed by atoms with Gasteiger partial charge in [-0.15, -0.1) is 0 Å². The maximum atomic E-state index is 12.8. The Bertz CT molecular complexity index is 491. The molecule has 0 saturated heterocycles. The molecule has 96 valence electrons. The molecule has 1 amide bonds. The molecule has 0 aliphatic carbocycles. The summed E-state index contributed by atoms with van der Waals surface area (Å²) in [5.74, 6) is -4.53. The summed E-state index contributed by atoms with van der Waals surface area (Å²) >= 11 is 0. The van der Waals surface area contributed by atoms with Gasteiger partial charge in [-0.2, -0.15) is 0 Å². The van der Waals surface area contributed by atoms with E-state index >= 15 is 0 Å². The van der Waals surface area contributed by atoms with Gasteiger partial charge in [0.2, 0.25) is 0 Å². The number of rotatable bonds is 5. The normalized spacial score (nSPS) is 11.6. The van der Waals surface area contributed by atoms with Gasteiger partial charge in [0, 0.05) is 6.20 Å². The van der Waals surface area contributed by atoms with Crippen LogP contribution in [-0.2, 0) is 9.59 Å². The summed E-state index contributed by atoms with van der Waals surface area (Å²) in [6.07, 6.45) is 1.14. The Morgan fingerprint density at radius 3 is 2.50 bits per heavy atom. The molecule has 0 aromatic carbocycles. The third kappa shape index (κ3) is 3.81. The molecule has 1 rings (SSSR count). The van der Waals surface area contributed by atoms with E-state index in [1.807, 2.05) is 5.32 Å². The van der Waals surface area contributed by atoms with Gasteiger partial charge in [0.1, 0.15) is 11.9 Å². The third-order valence-electron chi connectivity index (χ3n) is 1.95. The van der Waals surface area contributed by atoms with E-state index in [1.54, 1.807) is 0 Å². The number of pyridine rings is 1. The lowest BCUT2D eigenvalue weighted by molar-refractivity contribution is -0.145. The minimum Gasteiger partial charge on any atom is -0.481 e. The van der Waals surface area contributed by atoms with Crippen LogP contribution in [0.3, 0.4) is 0 Å². The Morgan fingerprint density at radius 1 is 1.33 bits per heavy atom. The zero-order valence-electron chi connectivity index (χ0n) is 8.96. The molecule has 0 aliphatic heterocycles. The van der Waals surface area contributed by atoms with Crippen LogP contribution in [0.2, 0.25) is 0 Å². The Hall–Kier alpha value is -2.51. The van der Waals surface area contributed by atoms with Crippen molar-refractivity contribution < 1.29 is 29.0 Å². The molecular formula is C10H9FN2O5. The van der Waals surface area contributed by atoms with Gasteiger partial charge in [0.15, 0.2) is 0 Å². The largest absolute Gasteiger partial charge is 0.481 e. The summed E-state index contributed by atoms with van der Waals surface area (Å²) in [7, 11) is 0. The zero-order chi connectivity index (χ0) is 13.7. The minimum atomic E-state index is -1.58. The van der Waals surface area contributed by atoms with Crippen LogP contribution >= 0.6 is 0 Å². The molecular weight excluding hydrogens is 247 g/mol. The van der Waals surface area contributed by atoms with Crippen LogP contribution in [0.25, 0.3) is 0 Å². The minimum absolute atomic E-state index is 0.188. The van der Waals surface area contributed by atoms with Crippen molar-refractivity contribution in [1.82, 2.24) is 10.3 Å². The van der Waals surface area contributed by atoms with Crippen molar-refractivity contribution in [1.29, 1.82) is 0 Å². The van der Waals surface area contributed by atoms with Crippen LogP contribution < -0.4 is 5.32 Å². The summed E-state index contributed by atoms with van der Waals surface area (Å²) in [5, 5.41) is 19.1. The fourth-order valence-corrected chi connectivity index (χ4v) is 1.15. The second-order valence-corrected chi connectivity index (χ2v) is 3.35. The molecule has 0 radical (unpaired) electrons. The first kappa shape index (κ1) is 13.6. The van der Waals surface area contributed by atoms with E-state index in [-0.39, 0.29) is 5.56 Å². The number of carboxylic acid groups (broad SMARTS) is 2. The maximum absolute atomic E-state index is 12.8. The first-order chi connectivity index (χ1) is 8.40. The average Bonchev–Trinajstić information content (AvgIpc) is 2.27. The molecule has 0 saturated carbocycles. The second kappa shape index (κ2) is 5.71. The molecule has 0 aliphatic rings. The fourth-order valence-electron chi connectivity index (χ4n) is 1.15. The van der Waals surface area contributed by atoms with Crippen molar-refractivity contribution in [2.75, 3.05) is 0 Å². The van der Waals surface area contributed by atoms with E-state index in [9.17, 15) is 18.8 Å². The molecule has 8 heteroatoms. The van der Waals surface area contributed by atoms with Crippen molar-refractivity contribution in [3.63, 3.8) is 0 Å². The highest BCUT2D eigenvalue weighted by molar-refractivity contribution is 5.97. The summed E-state index contributed by atoms with van der Waals surface area (Å²) in [6, 6.07) is -0.722. The Morgan fingerprint density at radius 2 is 2.00 bits per heavy atom. The van der Waals surface area contributed by atoms with E-state index < -0.39 is 36.1 Å². The van der Waals surface area contributed by atoms with Gasteiger partial charge in [-0.1, -0.05) is 0 Å². The lowest BCUT2D eigenvalue weighted by Gasteiger charge is -2.12. The molecule has 1 aromatic rings. The monoisotopic (exact) mass is 256 g/mol. The van der Waals surface area contributed by atoms with Crippen LogP contribution in [0.4, 0.5) is 4.39 Å². The molecule has 1 heterocycles. The van der Waals surface area contributed by atoms with Crippen molar-refractivity contribution in [2.45, 2.75) is 12.5 Å². The first-order valence-corrected chi connectivity index (χ1v) is 4.76. The van der Waals surface area contributed by atoms with Crippen molar-refractivity contribution >= 4 is 17.8 Å². The first-order valence-electron chi connectivity index (χ1n) is 4.76. The van der Waals surface area contributed by atoms with Gasteiger partial charge >= 0.3 is 11.9 Å². The second-order valence-electron chi connectivity index (χ2n) is 3.35. The number of carbonyl (C=O) groups is 3. The van der Waals surface area contributed by atoms with E-state index in [1.165, 1.54) is 0 Å². The highest BCUT2D eigenvalue weighted by Gasteiger charge is 2.23. The van der Waals surface area contributed by atoms with Gasteiger partial charge in [-0.05, 0) is 6.07 Å². The quantitative estimate of drug-likeness (QED) is 0.676. The highest BCUT2D eigenvalue weighted by Crippen LogP contribution is 2.02. The smallest absolute Gasteiger partial charge is 0.326 e. The summed E-state index contributed by atoms with van der Waals surface area (Å²) in [4.78, 5) is 36.0. The average molecular weight is 256 g/mol. The molecule has 7 nitrogen and oxygen atoms in total. The van der Waals surface area contributed by atoms with E-state index in [0.29, 0.717) is 0 Å². The Labute approximate surface area is 100 Å². The lowest BCUT2D eigenvalue weighted by Crippen LogP contribution is -2.42. The van der Waals surface area contributed by atoms with Crippen LogP contribution in [0.5, 0.6) is 0 Å². The number of aliphatic carboxylic acids is 2. The number of carboxylic acids is 2. The number of halogens is 1. The number of nitrogens with zero attached hydrogens (tertiary/aromatic N) is 1. The molecule has 0 fully saturated rings. The van der Waals surface area contributed by atoms with E-state index in [4.69, 9.17) is 10.2 Å². The third-order valence-corrected chi connectivity index (χ3v) is 1.95. The molecule has 0 bridgehead atoms. The predicted molar refractivity (Wildman–Crippen MR) is 55.3 cm³/mol. The van der Waals surface area contributed by atoms with Gasteiger partial charge in [-0.3, -0.25) is 14.6 Å². The highest BCUT2D eigenvalue weighted by atomic mass is 19.1. The molecule has 3 N–H and O–H groups in total. The summed E-state index contributed by atoms with van der Waals surface area (Å²) in [5.41, 5.74) is -0.188. The SMILES string of the molecule is O=C(O)C[C@@H](NC(=O)c1cncc(F)c1)C(=O)O. The van der Waals surface area contributed by atoms with Crippen LogP contribution in [0.1, 0.15) is 16.8 Å². The van der Waals surface area contributed by atoms with Gasteiger partial charge in [0.25, 0.3) is 5.91 Å². The number of aromatic nitrogens is 1. The van der Waals surface area contributed by atoms with E-state index in [2.05, 4.69) is 4.98 Å². The summed E-state index contributed by atoms with van der Waals surface area (Å²) in [6.45, 7) is 0. The molecule has 0 unspecified atom stereocenters. The number of carbonyl (C=O) groups excluding carboxylic acids is 1. The van der Waals surface area contributed by atoms with Crippen LogP contribution in [0.15, 0.2) is 18.5 Å². The van der Waals surface area contributed by atoms with Crippen LogP contribution in [-0.4, -0.2) is 39.1 Å². The topological polar surface area (TPSA) is 117 Å². The molecule has 0 spiro atoms. The molecule has 1 aromatic heterocycles. The molecule has 18 heavy (non-hydrogen) atoms. The maximum Gasteiger partial charge on any atom is 0.326 e. The van der Waals surface area contributed by atoms with Gasteiger partial charge in [0.05, 0.1) is 18.2 Å². The number of hydrogen-bond donors (Lipinski definition) is 3. The van der Waals surface area contributed by atoms with Crippen molar-refractivity contribution in [2.24, 2.45) is 0 Å². The Kier molecular flexibility index (Phi) is 4.30. The van der Waals surface area contributed by atoms with Crippen molar-refractivity contribution in [3.05, 3.63) is 29.8 Å². The molecule has 1 atom stereocenters. The predicted octanol–water partition coefficient (Wildman–Crippen LogP) is -0.122.